The maximum atomic E-state index is 10.1. The predicted octanol–water partition coefficient (Wildman–Crippen LogP) is 1.93. The summed E-state index contributed by atoms with van der Waals surface area (Å²) in [7, 11) is 0. The molecule has 2 rings (SSSR count). The van der Waals surface area contributed by atoms with Gasteiger partial charge in [-0.25, -0.2) is 0 Å². The van der Waals surface area contributed by atoms with Gasteiger partial charge in [-0.15, -0.1) is 0 Å². The molecule has 0 spiro atoms. The van der Waals surface area contributed by atoms with E-state index in [4.69, 9.17) is 0 Å². The summed E-state index contributed by atoms with van der Waals surface area (Å²) < 4.78 is 5.50. The number of fused-ring (bicyclic) bond motifs is 1. The van der Waals surface area contributed by atoms with Crippen LogP contribution in [-0.4, -0.2) is 16.4 Å². The molecule has 14 heavy (non-hydrogen) atoms. The molecular formula is C9H5BrN2O2. The standard InChI is InChI=1S/C9H5BrN2O2/c10-8-3-11-4-9-7(8)1-6(2-12-9)14-5-13/h1-5H. The van der Waals surface area contributed by atoms with Gasteiger partial charge in [-0.1, -0.05) is 0 Å². The molecule has 0 unspecified atom stereocenters. The first kappa shape index (κ1) is 9.08. The van der Waals surface area contributed by atoms with Crippen molar-refractivity contribution in [2.75, 3.05) is 0 Å². The number of carbonyl (C=O) groups excluding carboxylic acids is 1. The zero-order valence-corrected chi connectivity index (χ0v) is 8.56. The van der Waals surface area contributed by atoms with Gasteiger partial charge in [-0.3, -0.25) is 14.8 Å². The van der Waals surface area contributed by atoms with Crippen molar-refractivity contribution in [3.8, 4) is 5.75 Å². The van der Waals surface area contributed by atoms with E-state index in [2.05, 4.69) is 30.6 Å². The van der Waals surface area contributed by atoms with Crippen LogP contribution in [0.5, 0.6) is 5.75 Å². The van der Waals surface area contributed by atoms with E-state index in [0.717, 1.165) is 15.4 Å². The largest absolute Gasteiger partial charge is 0.427 e. The van der Waals surface area contributed by atoms with Crippen molar-refractivity contribution in [2.24, 2.45) is 0 Å². The van der Waals surface area contributed by atoms with Crippen LogP contribution in [0.4, 0.5) is 0 Å². The highest BCUT2D eigenvalue weighted by Crippen LogP contribution is 2.24. The molecule has 0 aliphatic heterocycles. The molecule has 0 aliphatic carbocycles. The summed E-state index contributed by atoms with van der Waals surface area (Å²) in [5.41, 5.74) is 0.748. The van der Waals surface area contributed by atoms with Gasteiger partial charge in [-0.2, -0.15) is 0 Å². The van der Waals surface area contributed by atoms with E-state index in [-0.39, 0.29) is 0 Å². The molecule has 4 nitrogen and oxygen atoms in total. The summed E-state index contributed by atoms with van der Waals surface area (Å²) in [6.45, 7) is 0.373. The number of halogens is 1. The van der Waals surface area contributed by atoms with Gasteiger partial charge in [0.15, 0.2) is 0 Å². The second-order valence-corrected chi connectivity index (χ2v) is 3.43. The Morgan fingerprint density at radius 3 is 3.00 bits per heavy atom. The monoisotopic (exact) mass is 252 g/mol. The van der Waals surface area contributed by atoms with E-state index in [1.807, 2.05) is 0 Å². The van der Waals surface area contributed by atoms with Gasteiger partial charge in [0.2, 0.25) is 0 Å². The molecule has 0 fully saturated rings. The van der Waals surface area contributed by atoms with Crippen molar-refractivity contribution in [2.45, 2.75) is 0 Å². The second kappa shape index (κ2) is 3.71. The van der Waals surface area contributed by atoms with Gasteiger partial charge in [0.25, 0.3) is 6.47 Å². The minimum Gasteiger partial charge on any atom is -0.427 e. The maximum absolute atomic E-state index is 10.1. The summed E-state index contributed by atoms with van der Waals surface area (Å²) in [5.74, 6) is 0.416. The summed E-state index contributed by atoms with van der Waals surface area (Å²) in [6.07, 6.45) is 4.78. The number of ether oxygens (including phenoxy) is 1. The number of aromatic nitrogens is 2. The fraction of sp³-hybridized carbons (Fsp3) is 0. The minimum absolute atomic E-state index is 0.373. The number of nitrogens with zero attached hydrogens (tertiary/aromatic N) is 2. The quantitative estimate of drug-likeness (QED) is 0.767. The normalized spacial score (nSPS) is 10.1. The average molecular weight is 253 g/mol. The Labute approximate surface area is 88.1 Å². The van der Waals surface area contributed by atoms with E-state index in [1.165, 1.54) is 6.20 Å². The molecule has 0 amide bonds. The molecule has 2 heterocycles. The van der Waals surface area contributed by atoms with E-state index in [1.54, 1.807) is 18.5 Å². The van der Waals surface area contributed by atoms with E-state index >= 15 is 0 Å². The lowest BCUT2D eigenvalue weighted by molar-refractivity contribution is -0.120. The summed E-state index contributed by atoms with van der Waals surface area (Å²) in [4.78, 5) is 18.2. The van der Waals surface area contributed by atoms with Crippen LogP contribution < -0.4 is 4.74 Å². The van der Waals surface area contributed by atoms with Gasteiger partial charge in [0.1, 0.15) is 5.75 Å². The number of carbonyl (C=O) groups is 1. The Hall–Kier alpha value is -1.49. The second-order valence-electron chi connectivity index (χ2n) is 2.57. The molecule has 2 aromatic rings. The SMILES string of the molecule is O=COc1cnc2cncc(Br)c2c1. The molecule has 70 valence electrons. The zero-order chi connectivity index (χ0) is 9.97. The Bertz CT molecular complexity index is 487. The smallest absolute Gasteiger partial charge is 0.298 e. The molecule has 0 saturated heterocycles. The highest BCUT2D eigenvalue weighted by atomic mass is 79.9. The molecule has 0 atom stereocenters. The van der Waals surface area contributed by atoms with Crippen LogP contribution in [0.2, 0.25) is 0 Å². The fourth-order valence-electron chi connectivity index (χ4n) is 1.11. The molecule has 0 N–H and O–H groups in total. The lowest BCUT2D eigenvalue weighted by Gasteiger charge is -2.01. The van der Waals surface area contributed by atoms with Crippen LogP contribution >= 0.6 is 15.9 Å². The number of rotatable bonds is 2. The van der Waals surface area contributed by atoms with Crippen LogP contribution in [0.3, 0.4) is 0 Å². The van der Waals surface area contributed by atoms with Gasteiger partial charge in [0, 0.05) is 16.1 Å². The first-order valence-corrected chi connectivity index (χ1v) is 4.60. The van der Waals surface area contributed by atoms with Crippen LogP contribution in [0.25, 0.3) is 10.9 Å². The Morgan fingerprint density at radius 1 is 1.36 bits per heavy atom. The van der Waals surface area contributed by atoms with Crippen molar-refractivity contribution >= 4 is 33.3 Å². The lowest BCUT2D eigenvalue weighted by Crippen LogP contribution is -1.90. The van der Waals surface area contributed by atoms with Crippen molar-refractivity contribution in [1.82, 2.24) is 9.97 Å². The number of hydrogen-bond donors (Lipinski definition) is 0. The summed E-state index contributed by atoms with van der Waals surface area (Å²) in [6, 6.07) is 1.72. The zero-order valence-electron chi connectivity index (χ0n) is 6.98. The lowest BCUT2D eigenvalue weighted by atomic mass is 10.2. The Balaban J connectivity index is 2.63. The highest BCUT2D eigenvalue weighted by molar-refractivity contribution is 9.10. The molecule has 0 aliphatic rings. The molecule has 0 radical (unpaired) electrons. The number of pyridine rings is 2. The molecule has 2 aromatic heterocycles. The van der Waals surface area contributed by atoms with Gasteiger partial charge >= 0.3 is 0 Å². The van der Waals surface area contributed by atoms with E-state index in [9.17, 15) is 4.79 Å². The third kappa shape index (κ3) is 1.58. The van der Waals surface area contributed by atoms with Gasteiger partial charge < -0.3 is 4.74 Å². The molecule has 0 bridgehead atoms. The fourth-order valence-corrected chi connectivity index (χ4v) is 1.55. The first-order chi connectivity index (χ1) is 6.81. The Kier molecular flexibility index (Phi) is 2.41. The Morgan fingerprint density at radius 2 is 2.21 bits per heavy atom. The molecule has 0 aromatic carbocycles. The highest BCUT2D eigenvalue weighted by Gasteiger charge is 2.02. The van der Waals surface area contributed by atoms with Crippen molar-refractivity contribution < 1.29 is 9.53 Å². The van der Waals surface area contributed by atoms with Gasteiger partial charge in [0.05, 0.1) is 17.9 Å². The predicted molar refractivity (Wildman–Crippen MR) is 53.9 cm³/mol. The summed E-state index contributed by atoms with van der Waals surface area (Å²) >= 11 is 3.34. The van der Waals surface area contributed by atoms with E-state index in [0.29, 0.717) is 12.2 Å². The van der Waals surface area contributed by atoms with Crippen LogP contribution in [0.1, 0.15) is 0 Å². The first-order valence-electron chi connectivity index (χ1n) is 3.81. The summed E-state index contributed by atoms with van der Waals surface area (Å²) in [5, 5.41) is 0.861. The average Bonchev–Trinajstić information content (AvgIpc) is 2.20. The van der Waals surface area contributed by atoms with Crippen LogP contribution in [0.15, 0.2) is 29.1 Å². The third-order valence-corrected chi connectivity index (χ3v) is 2.35. The minimum atomic E-state index is 0.373. The van der Waals surface area contributed by atoms with Crippen LogP contribution in [-0.2, 0) is 4.79 Å². The third-order valence-electron chi connectivity index (χ3n) is 1.72. The topological polar surface area (TPSA) is 52.1 Å². The van der Waals surface area contributed by atoms with Crippen molar-refractivity contribution in [1.29, 1.82) is 0 Å². The molecule has 5 heteroatoms. The van der Waals surface area contributed by atoms with Crippen LogP contribution in [0, 0.1) is 0 Å². The van der Waals surface area contributed by atoms with Crippen molar-refractivity contribution in [3.05, 3.63) is 29.1 Å². The molecule has 0 saturated carbocycles. The van der Waals surface area contributed by atoms with Crippen molar-refractivity contribution in [3.63, 3.8) is 0 Å². The molecular weight excluding hydrogens is 248 g/mol. The maximum Gasteiger partial charge on any atom is 0.298 e. The number of hydrogen-bond acceptors (Lipinski definition) is 4. The van der Waals surface area contributed by atoms with Gasteiger partial charge in [-0.05, 0) is 22.0 Å². The van der Waals surface area contributed by atoms with E-state index < -0.39 is 0 Å².